The Bertz CT molecular complexity index is 1450. The van der Waals surface area contributed by atoms with Gasteiger partial charge in [-0.1, -0.05) is 11.6 Å². The number of nitrogens with zero attached hydrogens (tertiary/aromatic N) is 4. The summed E-state index contributed by atoms with van der Waals surface area (Å²) in [4.78, 5) is 20.8. The van der Waals surface area contributed by atoms with Crippen molar-refractivity contribution < 1.29 is 22.7 Å². The van der Waals surface area contributed by atoms with Gasteiger partial charge in [0.05, 0.1) is 30.3 Å². The van der Waals surface area contributed by atoms with Crippen LogP contribution in [0.5, 0.6) is 5.75 Å². The normalized spacial score (nSPS) is 15.5. The molecule has 1 fully saturated rings. The summed E-state index contributed by atoms with van der Waals surface area (Å²) in [5.74, 6) is -2.20. The van der Waals surface area contributed by atoms with Crippen LogP contribution in [0, 0.1) is 5.82 Å². The molecule has 1 amide bonds. The van der Waals surface area contributed by atoms with E-state index in [0.29, 0.717) is 29.7 Å². The Morgan fingerprint density at radius 2 is 1.97 bits per heavy atom. The summed E-state index contributed by atoms with van der Waals surface area (Å²) in [7, 11) is 1.33. The maximum Gasteiger partial charge on any atom is 0.249 e. The lowest BCUT2D eigenvalue weighted by atomic mass is 9.90. The SMILES string of the molecule is COc1ccc(F)c(Cl)c1[C@H](c1c[nH]c2ncc(-c3cnn(C4CCN(C(C)=O)CC4)c3)cc12)C(F)F. The average molecular weight is 532 g/mol. The van der Waals surface area contributed by atoms with Gasteiger partial charge < -0.3 is 14.6 Å². The number of benzene rings is 1. The zero-order chi connectivity index (χ0) is 26.3. The molecule has 0 unspecified atom stereocenters. The smallest absolute Gasteiger partial charge is 0.249 e. The quantitative estimate of drug-likeness (QED) is 0.341. The summed E-state index contributed by atoms with van der Waals surface area (Å²) in [5, 5.41) is 4.58. The second-order valence-electron chi connectivity index (χ2n) is 9.10. The van der Waals surface area contributed by atoms with Gasteiger partial charge in [-0.25, -0.2) is 18.2 Å². The van der Waals surface area contributed by atoms with E-state index in [9.17, 15) is 18.0 Å². The van der Waals surface area contributed by atoms with Crippen LogP contribution >= 0.6 is 11.6 Å². The molecule has 11 heteroatoms. The number of nitrogens with one attached hydrogen (secondary N) is 1. The molecule has 194 valence electrons. The highest BCUT2D eigenvalue weighted by atomic mass is 35.5. The van der Waals surface area contributed by atoms with Crippen LogP contribution in [-0.4, -0.2) is 57.2 Å². The number of rotatable bonds is 6. The molecule has 4 heterocycles. The second-order valence-corrected chi connectivity index (χ2v) is 9.48. The third-order valence-electron chi connectivity index (χ3n) is 6.99. The Balaban J connectivity index is 1.50. The van der Waals surface area contributed by atoms with E-state index >= 15 is 0 Å². The number of likely N-dealkylation sites (tertiary alicyclic amines) is 1. The summed E-state index contributed by atoms with van der Waals surface area (Å²) < 4.78 is 50.4. The Labute approximate surface area is 216 Å². The maximum atomic E-state index is 14.5. The highest BCUT2D eigenvalue weighted by Crippen LogP contribution is 2.44. The third-order valence-corrected chi connectivity index (χ3v) is 7.38. The lowest BCUT2D eigenvalue weighted by molar-refractivity contribution is -0.130. The number of alkyl halides is 2. The molecule has 4 aromatic rings. The minimum atomic E-state index is -2.89. The number of hydrogen-bond donors (Lipinski definition) is 1. The van der Waals surface area contributed by atoms with E-state index in [1.165, 1.54) is 19.4 Å². The lowest BCUT2D eigenvalue weighted by Crippen LogP contribution is -2.37. The van der Waals surface area contributed by atoms with Crippen LogP contribution in [0.25, 0.3) is 22.2 Å². The molecule has 0 bridgehead atoms. The molecule has 1 atom stereocenters. The number of carbonyl (C=O) groups is 1. The largest absolute Gasteiger partial charge is 0.496 e. The fourth-order valence-electron chi connectivity index (χ4n) is 5.00. The molecule has 7 nitrogen and oxygen atoms in total. The van der Waals surface area contributed by atoms with Gasteiger partial charge in [0.1, 0.15) is 17.2 Å². The van der Waals surface area contributed by atoms with Crippen molar-refractivity contribution in [3.05, 3.63) is 65.0 Å². The molecule has 3 aromatic heterocycles. The summed E-state index contributed by atoms with van der Waals surface area (Å²) >= 11 is 6.17. The van der Waals surface area contributed by atoms with Gasteiger partial charge in [-0.2, -0.15) is 5.10 Å². The second kappa shape index (κ2) is 10.1. The van der Waals surface area contributed by atoms with Gasteiger partial charge in [-0.05, 0) is 36.6 Å². The lowest BCUT2D eigenvalue weighted by Gasteiger charge is -2.31. The first kappa shape index (κ1) is 25.1. The Hall–Kier alpha value is -3.53. The molecular weight excluding hydrogens is 507 g/mol. The van der Waals surface area contributed by atoms with E-state index in [1.807, 2.05) is 15.8 Å². The van der Waals surface area contributed by atoms with Crippen LogP contribution in [0.2, 0.25) is 5.02 Å². The standard InChI is InChI=1S/C26H25ClF3N5O2/c1-14(36)34-7-5-17(6-8-34)35-13-16(11-33-35)15-9-18-19(12-32-26(18)31-10-15)22(25(29)30)23-21(37-2)4-3-20(28)24(23)27/h3-4,9-13,17,22,25H,5-8H2,1-2H3,(H,31,32)/t22-/m0/s1. The number of H-pyrrole nitrogens is 1. The van der Waals surface area contributed by atoms with E-state index in [1.54, 1.807) is 25.4 Å². The third kappa shape index (κ3) is 4.66. The molecule has 0 radical (unpaired) electrons. The van der Waals surface area contributed by atoms with Gasteiger partial charge in [-0.15, -0.1) is 0 Å². The molecule has 0 aliphatic carbocycles. The number of amides is 1. The van der Waals surface area contributed by atoms with Crippen molar-refractivity contribution in [2.24, 2.45) is 0 Å². The van der Waals surface area contributed by atoms with Gasteiger partial charge in [0, 0.05) is 60.7 Å². The predicted molar refractivity (Wildman–Crippen MR) is 134 cm³/mol. The van der Waals surface area contributed by atoms with Crippen molar-refractivity contribution in [1.29, 1.82) is 0 Å². The summed E-state index contributed by atoms with van der Waals surface area (Å²) in [6.07, 6.45) is 5.42. The topological polar surface area (TPSA) is 76.0 Å². The van der Waals surface area contributed by atoms with Crippen LogP contribution in [0.4, 0.5) is 13.2 Å². The van der Waals surface area contributed by atoms with Gasteiger partial charge in [0.25, 0.3) is 0 Å². The molecule has 1 aliphatic rings. The zero-order valence-electron chi connectivity index (χ0n) is 20.2. The Morgan fingerprint density at radius 1 is 1.22 bits per heavy atom. The number of aromatic amines is 1. The van der Waals surface area contributed by atoms with Crippen molar-refractivity contribution >= 4 is 28.5 Å². The predicted octanol–water partition coefficient (Wildman–Crippen LogP) is 5.81. The molecule has 1 saturated heterocycles. The van der Waals surface area contributed by atoms with E-state index in [0.717, 1.165) is 24.5 Å². The van der Waals surface area contributed by atoms with Crippen molar-refractivity contribution in [3.8, 4) is 16.9 Å². The number of fused-ring (bicyclic) bond motifs is 1. The van der Waals surface area contributed by atoms with Crippen LogP contribution < -0.4 is 4.74 Å². The van der Waals surface area contributed by atoms with Crippen LogP contribution in [0.1, 0.15) is 42.9 Å². The van der Waals surface area contributed by atoms with Crippen molar-refractivity contribution in [1.82, 2.24) is 24.6 Å². The molecule has 5 rings (SSSR count). The minimum absolute atomic E-state index is 0.0699. The highest BCUT2D eigenvalue weighted by molar-refractivity contribution is 6.31. The van der Waals surface area contributed by atoms with Crippen molar-refractivity contribution in [3.63, 3.8) is 0 Å². The highest BCUT2D eigenvalue weighted by Gasteiger charge is 2.33. The molecule has 1 N–H and O–H groups in total. The number of ether oxygens (including phenoxy) is 1. The molecular formula is C26H25ClF3N5O2. The van der Waals surface area contributed by atoms with Crippen LogP contribution in [0.3, 0.4) is 0 Å². The summed E-state index contributed by atoms with van der Waals surface area (Å²) in [5.41, 5.74) is 2.01. The number of pyridine rings is 1. The van der Waals surface area contributed by atoms with Crippen LogP contribution in [0.15, 0.2) is 43.0 Å². The summed E-state index contributed by atoms with van der Waals surface area (Å²) in [6, 6.07) is 4.31. The molecule has 1 aromatic carbocycles. The summed E-state index contributed by atoms with van der Waals surface area (Å²) in [6.45, 7) is 2.93. The number of piperidine rings is 1. The van der Waals surface area contributed by atoms with E-state index in [-0.39, 0.29) is 28.8 Å². The minimum Gasteiger partial charge on any atom is -0.496 e. The first-order valence-electron chi connectivity index (χ1n) is 11.9. The van der Waals surface area contributed by atoms with E-state index < -0.39 is 23.2 Å². The number of methoxy groups -OCH3 is 1. The van der Waals surface area contributed by atoms with Crippen LogP contribution in [-0.2, 0) is 4.79 Å². The molecule has 0 saturated carbocycles. The Morgan fingerprint density at radius 3 is 2.65 bits per heavy atom. The molecule has 1 aliphatic heterocycles. The molecule has 0 spiro atoms. The molecule has 37 heavy (non-hydrogen) atoms. The number of aromatic nitrogens is 4. The fraction of sp³-hybridized carbons (Fsp3) is 0.346. The Kier molecular flexibility index (Phi) is 6.85. The number of carbonyl (C=O) groups excluding carboxylic acids is 1. The van der Waals surface area contributed by atoms with Gasteiger partial charge in [0.2, 0.25) is 12.3 Å². The monoisotopic (exact) mass is 531 g/mol. The van der Waals surface area contributed by atoms with E-state index in [4.69, 9.17) is 16.3 Å². The van der Waals surface area contributed by atoms with Gasteiger partial charge >= 0.3 is 0 Å². The van der Waals surface area contributed by atoms with Gasteiger partial charge in [0.15, 0.2) is 0 Å². The first-order valence-corrected chi connectivity index (χ1v) is 12.2. The fourth-order valence-corrected chi connectivity index (χ4v) is 5.28. The number of hydrogen-bond acceptors (Lipinski definition) is 4. The maximum absolute atomic E-state index is 14.5. The van der Waals surface area contributed by atoms with E-state index in [2.05, 4.69) is 15.1 Å². The average Bonchev–Trinajstić information content (AvgIpc) is 3.54. The van der Waals surface area contributed by atoms with Crippen molar-refractivity contribution in [2.75, 3.05) is 20.2 Å². The first-order chi connectivity index (χ1) is 17.8. The zero-order valence-corrected chi connectivity index (χ0v) is 21.0. The van der Waals surface area contributed by atoms with Gasteiger partial charge in [-0.3, -0.25) is 9.48 Å². The van der Waals surface area contributed by atoms with Crippen molar-refractivity contribution in [2.45, 2.75) is 38.2 Å². The number of halogens is 4.